The Bertz CT molecular complexity index is 1120. The number of methoxy groups -OCH3 is 1. The lowest BCUT2D eigenvalue weighted by Crippen LogP contribution is -2.28. The quantitative estimate of drug-likeness (QED) is 0.489. The van der Waals surface area contributed by atoms with Crippen molar-refractivity contribution in [3.05, 3.63) is 63.0 Å². The summed E-state index contributed by atoms with van der Waals surface area (Å²) in [5, 5.41) is 8.78. The van der Waals surface area contributed by atoms with E-state index >= 15 is 0 Å². The topological polar surface area (TPSA) is 93.1 Å². The van der Waals surface area contributed by atoms with E-state index in [0.717, 1.165) is 22.2 Å². The number of terminal acetylenes is 1. The van der Waals surface area contributed by atoms with Gasteiger partial charge in [-0.3, -0.25) is 14.5 Å². The monoisotopic (exact) mass is 457 g/mol. The number of aromatic carboxylic acids is 1. The highest BCUT2D eigenvalue weighted by Crippen LogP contribution is 2.39. The van der Waals surface area contributed by atoms with Crippen molar-refractivity contribution in [2.75, 3.05) is 13.7 Å². The van der Waals surface area contributed by atoms with Crippen molar-refractivity contribution < 1.29 is 29.0 Å². The number of imide groups is 1. The molecule has 1 fully saturated rings. The van der Waals surface area contributed by atoms with E-state index in [9.17, 15) is 14.4 Å². The smallest absolute Gasteiger partial charge is 0.335 e. The van der Waals surface area contributed by atoms with Gasteiger partial charge in [0.1, 0.15) is 6.61 Å². The number of thioether (sulfide) groups is 1. The van der Waals surface area contributed by atoms with Crippen LogP contribution < -0.4 is 9.47 Å². The predicted molar refractivity (Wildman–Crippen MR) is 117 cm³/mol. The first-order chi connectivity index (χ1) is 14.8. The molecule has 0 radical (unpaired) electrons. The molecule has 1 saturated heterocycles. The minimum Gasteiger partial charge on any atom is -0.493 e. The number of hydrogen-bond donors (Lipinski definition) is 1. The molecule has 7 nitrogen and oxygen atoms in total. The van der Waals surface area contributed by atoms with Crippen LogP contribution in [0.1, 0.15) is 21.5 Å². The summed E-state index contributed by atoms with van der Waals surface area (Å²) in [5.74, 6) is 1.44. The number of carbonyl (C=O) groups excluding carboxylic acids is 2. The van der Waals surface area contributed by atoms with E-state index in [1.807, 2.05) is 0 Å². The zero-order valence-corrected chi connectivity index (χ0v) is 17.8. The summed E-state index contributed by atoms with van der Waals surface area (Å²) in [6, 6.07) is 9.47. The molecule has 1 N–H and O–H groups in total. The van der Waals surface area contributed by atoms with E-state index in [2.05, 4.69) is 5.92 Å². The Morgan fingerprint density at radius 2 is 2.00 bits per heavy atom. The van der Waals surface area contributed by atoms with Gasteiger partial charge in [-0.25, -0.2) is 4.79 Å². The highest BCUT2D eigenvalue weighted by Gasteiger charge is 2.34. The Labute approximate surface area is 187 Å². The van der Waals surface area contributed by atoms with Crippen molar-refractivity contribution in [3.8, 4) is 23.8 Å². The molecule has 2 aromatic carbocycles. The first-order valence-corrected chi connectivity index (χ1v) is 10.0. The van der Waals surface area contributed by atoms with Gasteiger partial charge >= 0.3 is 5.97 Å². The van der Waals surface area contributed by atoms with Crippen LogP contribution in [0.15, 0.2) is 41.3 Å². The zero-order valence-electron chi connectivity index (χ0n) is 16.3. The highest BCUT2D eigenvalue weighted by atomic mass is 35.5. The SMILES string of the molecule is C#CCN1C(=O)S/C(=C\c2cc(Cl)c(OCc3ccc(C(=O)O)cc3)c(OC)c2)C1=O. The number of carboxylic acid groups (broad SMARTS) is 1. The number of rotatable bonds is 7. The maximum Gasteiger partial charge on any atom is 0.335 e. The summed E-state index contributed by atoms with van der Waals surface area (Å²) in [5.41, 5.74) is 1.47. The molecule has 9 heteroatoms. The standard InChI is InChI=1S/C22H16ClNO6S/c1-3-8-24-20(25)18(31-22(24)28)11-14-9-16(23)19(17(10-14)29-2)30-12-13-4-6-15(7-5-13)21(26)27/h1,4-7,9-11H,8,12H2,2H3,(H,26,27)/b18-11-. The lowest BCUT2D eigenvalue weighted by molar-refractivity contribution is -0.122. The third-order valence-corrected chi connectivity index (χ3v) is 5.44. The summed E-state index contributed by atoms with van der Waals surface area (Å²) in [6.45, 7) is 0.0482. The van der Waals surface area contributed by atoms with E-state index < -0.39 is 17.1 Å². The first kappa shape index (κ1) is 22.3. The fraction of sp³-hybridized carbons (Fsp3) is 0.136. The Kier molecular flexibility index (Phi) is 6.90. The third kappa shape index (κ3) is 5.02. The normalized spacial score (nSPS) is 14.6. The maximum absolute atomic E-state index is 12.3. The molecule has 0 saturated carbocycles. The van der Waals surface area contributed by atoms with Crippen LogP contribution in [0.5, 0.6) is 11.5 Å². The Morgan fingerprint density at radius 1 is 1.29 bits per heavy atom. The van der Waals surface area contributed by atoms with Crippen LogP contribution in [0.4, 0.5) is 4.79 Å². The molecule has 0 bridgehead atoms. The van der Waals surface area contributed by atoms with Gasteiger partial charge in [-0.1, -0.05) is 29.7 Å². The molecule has 0 aliphatic carbocycles. The van der Waals surface area contributed by atoms with Crippen LogP contribution >= 0.6 is 23.4 Å². The first-order valence-electron chi connectivity index (χ1n) is 8.85. The number of carbonyl (C=O) groups is 3. The van der Waals surface area contributed by atoms with Gasteiger partial charge in [0.15, 0.2) is 11.5 Å². The lowest BCUT2D eigenvalue weighted by Gasteiger charge is -2.14. The molecule has 0 unspecified atom stereocenters. The van der Waals surface area contributed by atoms with Crippen LogP contribution in [0, 0.1) is 12.3 Å². The van der Waals surface area contributed by atoms with Crippen molar-refractivity contribution in [2.45, 2.75) is 6.61 Å². The molecular weight excluding hydrogens is 442 g/mol. The van der Waals surface area contributed by atoms with Crippen LogP contribution in [-0.2, 0) is 11.4 Å². The van der Waals surface area contributed by atoms with E-state index in [4.69, 9.17) is 32.6 Å². The van der Waals surface area contributed by atoms with Crippen LogP contribution in [-0.4, -0.2) is 40.8 Å². The van der Waals surface area contributed by atoms with Crippen molar-refractivity contribution in [1.29, 1.82) is 0 Å². The van der Waals surface area contributed by atoms with Gasteiger partial charge < -0.3 is 14.6 Å². The molecular formula is C22H16ClNO6S. The maximum atomic E-state index is 12.3. The van der Waals surface area contributed by atoms with Gasteiger partial charge in [-0.05, 0) is 53.2 Å². The minimum atomic E-state index is -1.01. The lowest BCUT2D eigenvalue weighted by atomic mass is 10.1. The molecule has 2 amide bonds. The second-order valence-electron chi connectivity index (χ2n) is 6.30. The van der Waals surface area contributed by atoms with Crippen molar-refractivity contribution in [2.24, 2.45) is 0 Å². The molecule has 0 aromatic heterocycles. The van der Waals surface area contributed by atoms with E-state index in [1.165, 1.54) is 25.3 Å². The van der Waals surface area contributed by atoms with Crippen LogP contribution in [0.3, 0.4) is 0 Å². The van der Waals surface area contributed by atoms with Crippen molar-refractivity contribution in [1.82, 2.24) is 4.90 Å². The van der Waals surface area contributed by atoms with Crippen molar-refractivity contribution >= 4 is 46.6 Å². The fourth-order valence-electron chi connectivity index (χ4n) is 2.74. The number of hydrogen-bond acceptors (Lipinski definition) is 6. The summed E-state index contributed by atoms with van der Waals surface area (Å²) in [6.07, 6.45) is 6.73. The van der Waals surface area contributed by atoms with E-state index in [-0.39, 0.29) is 28.6 Å². The number of halogens is 1. The third-order valence-electron chi connectivity index (χ3n) is 4.26. The molecule has 158 valence electrons. The molecule has 1 aliphatic heterocycles. The number of amides is 2. The predicted octanol–water partition coefficient (Wildman–Crippen LogP) is 4.30. The molecule has 3 rings (SSSR count). The average Bonchev–Trinajstić information content (AvgIpc) is 3.00. The van der Waals surface area contributed by atoms with Gasteiger partial charge in [-0.2, -0.15) is 0 Å². The highest BCUT2D eigenvalue weighted by molar-refractivity contribution is 8.18. The van der Waals surface area contributed by atoms with Gasteiger partial charge in [-0.15, -0.1) is 6.42 Å². The fourth-order valence-corrected chi connectivity index (χ4v) is 3.85. The molecule has 1 aliphatic rings. The largest absolute Gasteiger partial charge is 0.493 e. The minimum absolute atomic E-state index is 0.0910. The summed E-state index contributed by atoms with van der Waals surface area (Å²) in [7, 11) is 1.45. The second-order valence-corrected chi connectivity index (χ2v) is 7.70. The van der Waals surface area contributed by atoms with Crippen LogP contribution in [0.25, 0.3) is 6.08 Å². The summed E-state index contributed by atoms with van der Waals surface area (Å²) >= 11 is 7.16. The van der Waals surface area contributed by atoms with E-state index in [1.54, 1.807) is 24.3 Å². The van der Waals surface area contributed by atoms with Gasteiger partial charge in [0.05, 0.1) is 29.1 Å². The molecule has 31 heavy (non-hydrogen) atoms. The Hall–Kier alpha value is -3.41. The Morgan fingerprint density at radius 3 is 2.61 bits per heavy atom. The summed E-state index contributed by atoms with van der Waals surface area (Å²) in [4.78, 5) is 36.4. The molecule has 0 atom stereocenters. The number of carboxylic acids is 1. The van der Waals surface area contributed by atoms with Gasteiger partial charge in [0.25, 0.3) is 11.1 Å². The zero-order chi connectivity index (χ0) is 22.5. The second kappa shape index (κ2) is 9.60. The van der Waals surface area contributed by atoms with Gasteiger partial charge in [0, 0.05) is 0 Å². The molecule has 0 spiro atoms. The van der Waals surface area contributed by atoms with Gasteiger partial charge in [0.2, 0.25) is 0 Å². The number of benzene rings is 2. The molecule has 1 heterocycles. The average molecular weight is 458 g/mol. The number of nitrogens with zero attached hydrogens (tertiary/aromatic N) is 1. The Balaban J connectivity index is 1.80. The number of ether oxygens (including phenoxy) is 2. The van der Waals surface area contributed by atoms with Crippen molar-refractivity contribution in [3.63, 3.8) is 0 Å². The van der Waals surface area contributed by atoms with E-state index in [0.29, 0.717) is 17.1 Å². The summed E-state index contributed by atoms with van der Waals surface area (Å²) < 4.78 is 11.1. The van der Waals surface area contributed by atoms with Crippen LogP contribution in [0.2, 0.25) is 5.02 Å². The molecule has 2 aromatic rings.